The minimum atomic E-state index is -0.864. The maximum absolute atomic E-state index is 9.93. The molecule has 2 unspecified atom stereocenters. The van der Waals surface area contributed by atoms with Crippen LogP contribution in [0.3, 0.4) is 0 Å². The second kappa shape index (κ2) is 5.25. The Kier molecular flexibility index (Phi) is 4.26. The summed E-state index contributed by atoms with van der Waals surface area (Å²) >= 11 is 0. The van der Waals surface area contributed by atoms with Crippen LogP contribution in [-0.2, 0) is 0 Å². The van der Waals surface area contributed by atoms with Gasteiger partial charge in [0.2, 0.25) is 0 Å². The van der Waals surface area contributed by atoms with Crippen LogP contribution < -0.4 is 5.32 Å². The first-order valence-electron chi connectivity index (χ1n) is 5.10. The van der Waals surface area contributed by atoms with Crippen LogP contribution in [0.1, 0.15) is 29.5 Å². The summed E-state index contributed by atoms with van der Waals surface area (Å²) in [5, 5.41) is 29.4. The molecular formula is C10H19N3O2. The van der Waals surface area contributed by atoms with Crippen molar-refractivity contribution >= 4 is 0 Å². The van der Waals surface area contributed by atoms with Crippen molar-refractivity contribution in [2.45, 2.75) is 32.5 Å². The lowest BCUT2D eigenvalue weighted by molar-refractivity contribution is 0.0133. The fourth-order valence-electron chi connectivity index (χ4n) is 1.64. The van der Waals surface area contributed by atoms with E-state index in [1.165, 1.54) is 0 Å². The fourth-order valence-corrected chi connectivity index (χ4v) is 1.64. The molecule has 5 nitrogen and oxygen atoms in total. The van der Waals surface area contributed by atoms with Gasteiger partial charge in [-0.3, -0.25) is 5.10 Å². The zero-order chi connectivity index (χ0) is 11.4. The molecular weight excluding hydrogens is 194 g/mol. The highest BCUT2D eigenvalue weighted by Crippen LogP contribution is 2.23. The zero-order valence-corrected chi connectivity index (χ0v) is 9.41. The van der Waals surface area contributed by atoms with E-state index in [9.17, 15) is 10.2 Å². The van der Waals surface area contributed by atoms with Gasteiger partial charge in [-0.2, -0.15) is 5.10 Å². The van der Waals surface area contributed by atoms with Gasteiger partial charge in [0.25, 0.3) is 0 Å². The molecule has 0 saturated heterocycles. The summed E-state index contributed by atoms with van der Waals surface area (Å²) in [5.41, 5.74) is 2.26. The van der Waals surface area contributed by atoms with Crippen molar-refractivity contribution in [2.75, 3.05) is 13.6 Å². The van der Waals surface area contributed by atoms with Crippen LogP contribution in [0.5, 0.6) is 0 Å². The molecule has 4 N–H and O–H groups in total. The van der Waals surface area contributed by atoms with E-state index >= 15 is 0 Å². The summed E-state index contributed by atoms with van der Waals surface area (Å²) in [5.74, 6) is 0. The van der Waals surface area contributed by atoms with Gasteiger partial charge in [-0.05, 0) is 33.9 Å². The van der Waals surface area contributed by atoms with Gasteiger partial charge in [0, 0.05) is 11.3 Å². The van der Waals surface area contributed by atoms with Gasteiger partial charge in [-0.1, -0.05) is 0 Å². The Labute approximate surface area is 89.5 Å². The van der Waals surface area contributed by atoms with Crippen molar-refractivity contribution < 1.29 is 10.2 Å². The summed E-state index contributed by atoms with van der Waals surface area (Å²) in [6.45, 7) is 4.32. The van der Waals surface area contributed by atoms with E-state index < -0.39 is 12.2 Å². The molecule has 0 aliphatic heterocycles. The van der Waals surface area contributed by atoms with Crippen LogP contribution in [0.15, 0.2) is 0 Å². The Balaban J connectivity index is 2.71. The number of hydrogen-bond acceptors (Lipinski definition) is 4. The minimum absolute atomic E-state index is 0.516. The number of H-pyrrole nitrogens is 1. The molecule has 0 amide bonds. The smallest absolute Gasteiger partial charge is 0.108 e. The number of aliphatic hydroxyl groups is 2. The van der Waals surface area contributed by atoms with Crippen LogP contribution in [0.4, 0.5) is 0 Å². The molecule has 15 heavy (non-hydrogen) atoms. The topological polar surface area (TPSA) is 81.2 Å². The number of hydrogen-bond donors (Lipinski definition) is 4. The molecule has 0 saturated carbocycles. The number of nitrogens with zero attached hydrogens (tertiary/aromatic N) is 1. The van der Waals surface area contributed by atoms with Crippen LogP contribution >= 0.6 is 0 Å². The molecule has 0 fully saturated rings. The largest absolute Gasteiger partial charge is 0.390 e. The Bertz CT molecular complexity index is 292. The van der Waals surface area contributed by atoms with E-state index in [0.717, 1.165) is 11.4 Å². The van der Waals surface area contributed by atoms with Crippen molar-refractivity contribution in [1.82, 2.24) is 15.5 Å². The van der Waals surface area contributed by atoms with Crippen LogP contribution in [0, 0.1) is 13.8 Å². The molecule has 1 heterocycles. The second-order valence-corrected chi connectivity index (χ2v) is 3.75. The molecule has 5 heteroatoms. The molecule has 0 aromatic carbocycles. The fraction of sp³-hybridized carbons (Fsp3) is 0.700. The highest BCUT2D eigenvalue weighted by molar-refractivity contribution is 5.26. The Morgan fingerprint density at radius 2 is 2.07 bits per heavy atom. The first-order valence-corrected chi connectivity index (χ1v) is 5.10. The van der Waals surface area contributed by atoms with Crippen molar-refractivity contribution in [3.63, 3.8) is 0 Å². The lowest BCUT2D eigenvalue weighted by Crippen LogP contribution is -2.24. The second-order valence-electron chi connectivity index (χ2n) is 3.75. The average Bonchev–Trinajstić information content (AvgIpc) is 2.54. The number of nitrogens with one attached hydrogen (secondary N) is 2. The molecule has 86 valence electrons. The number of aliphatic hydroxyl groups excluding tert-OH is 2. The lowest BCUT2D eigenvalue weighted by Gasteiger charge is -2.18. The Hall–Kier alpha value is -0.910. The van der Waals surface area contributed by atoms with Gasteiger partial charge in [-0.25, -0.2) is 0 Å². The van der Waals surface area contributed by atoms with E-state index in [2.05, 4.69) is 15.5 Å². The highest BCUT2D eigenvalue weighted by Gasteiger charge is 2.23. The molecule has 0 aliphatic rings. The van der Waals surface area contributed by atoms with Gasteiger partial charge in [0.05, 0.1) is 11.8 Å². The molecule has 0 radical (unpaired) electrons. The monoisotopic (exact) mass is 213 g/mol. The van der Waals surface area contributed by atoms with Crippen molar-refractivity contribution in [3.05, 3.63) is 17.0 Å². The first-order chi connectivity index (χ1) is 7.07. The van der Waals surface area contributed by atoms with Crippen molar-refractivity contribution in [1.29, 1.82) is 0 Å². The molecule has 2 atom stereocenters. The third-order valence-electron chi connectivity index (χ3n) is 2.54. The maximum atomic E-state index is 9.93. The van der Waals surface area contributed by atoms with E-state index in [0.29, 0.717) is 18.5 Å². The summed E-state index contributed by atoms with van der Waals surface area (Å²) in [6, 6.07) is 0. The summed E-state index contributed by atoms with van der Waals surface area (Å²) < 4.78 is 0. The van der Waals surface area contributed by atoms with Gasteiger partial charge in [0.1, 0.15) is 6.10 Å². The predicted octanol–water partition coefficient (Wildman–Crippen LogP) is 0.0303. The number of aryl methyl sites for hydroxylation is 2. The summed E-state index contributed by atoms with van der Waals surface area (Å²) in [4.78, 5) is 0. The third-order valence-corrected chi connectivity index (χ3v) is 2.54. The van der Waals surface area contributed by atoms with Crippen molar-refractivity contribution in [2.24, 2.45) is 0 Å². The van der Waals surface area contributed by atoms with Crippen molar-refractivity contribution in [3.8, 4) is 0 Å². The van der Waals surface area contributed by atoms with Crippen LogP contribution in [0.2, 0.25) is 0 Å². The predicted molar refractivity (Wildman–Crippen MR) is 57.6 cm³/mol. The highest BCUT2D eigenvalue weighted by atomic mass is 16.3. The molecule has 0 bridgehead atoms. The van der Waals surface area contributed by atoms with Crippen LogP contribution in [-0.4, -0.2) is 40.1 Å². The molecule has 0 aliphatic carbocycles. The summed E-state index contributed by atoms with van der Waals surface area (Å²) in [7, 11) is 1.81. The van der Waals surface area contributed by atoms with Gasteiger partial charge >= 0.3 is 0 Å². The van der Waals surface area contributed by atoms with E-state index in [-0.39, 0.29) is 0 Å². The number of aromatic amines is 1. The molecule has 1 rings (SSSR count). The van der Waals surface area contributed by atoms with Gasteiger partial charge in [-0.15, -0.1) is 0 Å². The molecule has 0 spiro atoms. The zero-order valence-electron chi connectivity index (χ0n) is 9.41. The van der Waals surface area contributed by atoms with E-state index in [4.69, 9.17) is 0 Å². The van der Waals surface area contributed by atoms with Gasteiger partial charge in [0.15, 0.2) is 0 Å². The Morgan fingerprint density at radius 1 is 1.40 bits per heavy atom. The van der Waals surface area contributed by atoms with E-state index in [1.807, 2.05) is 20.9 Å². The minimum Gasteiger partial charge on any atom is -0.390 e. The average molecular weight is 213 g/mol. The van der Waals surface area contributed by atoms with Crippen LogP contribution in [0.25, 0.3) is 0 Å². The molecule has 1 aromatic rings. The summed E-state index contributed by atoms with van der Waals surface area (Å²) in [6.07, 6.45) is -1.11. The number of rotatable bonds is 5. The first kappa shape index (κ1) is 12.2. The number of aromatic nitrogens is 2. The standard InChI is InChI=1S/C10H19N3O2/c1-6-9(7(2)13-12-6)10(15)8(14)4-5-11-3/h8,10-11,14-15H,4-5H2,1-3H3,(H,12,13). The van der Waals surface area contributed by atoms with E-state index in [1.54, 1.807) is 0 Å². The normalized spacial score (nSPS) is 15.3. The maximum Gasteiger partial charge on any atom is 0.108 e. The SMILES string of the molecule is CNCCC(O)C(O)c1c(C)n[nH]c1C. The van der Waals surface area contributed by atoms with Gasteiger partial charge < -0.3 is 15.5 Å². The molecule has 1 aromatic heterocycles. The lowest BCUT2D eigenvalue weighted by atomic mass is 10.0. The quantitative estimate of drug-likeness (QED) is 0.556. The Morgan fingerprint density at radius 3 is 2.53 bits per heavy atom. The third kappa shape index (κ3) is 2.77.